The summed E-state index contributed by atoms with van der Waals surface area (Å²) in [6, 6.07) is 12.4. The molecule has 1 aliphatic rings. The minimum Gasteiger partial charge on any atom is -0.508 e. The van der Waals surface area contributed by atoms with Gasteiger partial charge in [-0.2, -0.15) is 5.10 Å². The lowest BCUT2D eigenvalue weighted by atomic mass is 9.90. The number of carbonyl (C=O) groups is 1. The first kappa shape index (κ1) is 19.2. The minimum absolute atomic E-state index is 0.0294. The molecule has 1 amide bonds. The highest BCUT2D eigenvalue weighted by molar-refractivity contribution is 5.95. The number of hydrogen-bond acceptors (Lipinski definition) is 4. The van der Waals surface area contributed by atoms with Crippen LogP contribution in [0.15, 0.2) is 42.5 Å². The van der Waals surface area contributed by atoms with Gasteiger partial charge in [-0.1, -0.05) is 18.2 Å². The van der Waals surface area contributed by atoms with E-state index in [-0.39, 0.29) is 24.3 Å². The number of aromatic nitrogens is 2. The number of amides is 1. The number of aryl methyl sites for hydroxylation is 2. The quantitative estimate of drug-likeness (QED) is 0.636. The van der Waals surface area contributed by atoms with E-state index in [1.165, 1.54) is 5.69 Å². The summed E-state index contributed by atoms with van der Waals surface area (Å²) >= 11 is 0. The molecule has 0 bridgehead atoms. The minimum atomic E-state index is -0.242. The van der Waals surface area contributed by atoms with E-state index in [1.54, 1.807) is 24.3 Å². The summed E-state index contributed by atoms with van der Waals surface area (Å²) < 4.78 is 1.92. The molecule has 3 N–H and O–H groups in total. The van der Waals surface area contributed by atoms with Crippen LogP contribution in [0.25, 0.3) is 11.1 Å². The number of rotatable bonds is 4. The van der Waals surface area contributed by atoms with E-state index in [4.69, 9.17) is 0 Å². The van der Waals surface area contributed by atoms with Crippen molar-refractivity contribution in [3.05, 3.63) is 70.5 Å². The van der Waals surface area contributed by atoms with E-state index in [0.29, 0.717) is 11.1 Å². The van der Waals surface area contributed by atoms with Gasteiger partial charge < -0.3 is 15.5 Å². The summed E-state index contributed by atoms with van der Waals surface area (Å²) in [4.78, 5) is 13.0. The predicted molar refractivity (Wildman–Crippen MR) is 111 cm³/mol. The van der Waals surface area contributed by atoms with Crippen LogP contribution in [0.3, 0.4) is 0 Å². The maximum Gasteiger partial charge on any atom is 0.251 e. The zero-order valence-corrected chi connectivity index (χ0v) is 16.6. The molecule has 1 heterocycles. The van der Waals surface area contributed by atoms with Gasteiger partial charge in [-0.3, -0.25) is 9.48 Å². The molecule has 0 fully saturated rings. The molecule has 1 aliphatic carbocycles. The van der Waals surface area contributed by atoms with Gasteiger partial charge >= 0.3 is 0 Å². The Morgan fingerprint density at radius 2 is 2.03 bits per heavy atom. The Balaban J connectivity index is 1.59. The fourth-order valence-electron chi connectivity index (χ4n) is 4.21. The van der Waals surface area contributed by atoms with Crippen LogP contribution < -0.4 is 5.32 Å². The van der Waals surface area contributed by atoms with E-state index in [2.05, 4.69) is 10.4 Å². The molecule has 1 unspecified atom stereocenters. The lowest BCUT2D eigenvalue weighted by molar-refractivity contribution is 0.0932. The van der Waals surface area contributed by atoms with E-state index < -0.39 is 0 Å². The van der Waals surface area contributed by atoms with Gasteiger partial charge in [-0.25, -0.2) is 0 Å². The Bertz CT molecular complexity index is 1070. The molecule has 0 saturated carbocycles. The zero-order chi connectivity index (χ0) is 20.5. The standard InChI is InChI=1S/C23H25N3O3/c1-14-22-19(7-4-8-20(22)26(2)25-14)24-23(29)17-6-3-5-15(11-17)16-9-10-21(28)18(12-16)13-27/h3,5-6,9-12,19,27-28H,4,7-8,13H2,1-2H3,(H,24,29). The summed E-state index contributed by atoms with van der Waals surface area (Å²) in [5.41, 5.74) is 6.05. The van der Waals surface area contributed by atoms with Gasteiger partial charge in [0.1, 0.15) is 5.75 Å². The van der Waals surface area contributed by atoms with Gasteiger partial charge in [0, 0.05) is 29.4 Å². The number of aromatic hydroxyl groups is 1. The Hall–Kier alpha value is -3.12. The van der Waals surface area contributed by atoms with Crippen molar-refractivity contribution >= 4 is 5.91 Å². The van der Waals surface area contributed by atoms with Crippen LogP contribution in [0.1, 0.15) is 51.8 Å². The van der Waals surface area contributed by atoms with Crippen molar-refractivity contribution < 1.29 is 15.0 Å². The molecule has 4 rings (SSSR count). The number of aliphatic hydroxyl groups excluding tert-OH is 1. The van der Waals surface area contributed by atoms with E-state index >= 15 is 0 Å². The van der Waals surface area contributed by atoms with Gasteiger partial charge in [-0.05, 0) is 61.6 Å². The third-order valence-electron chi connectivity index (χ3n) is 5.66. The van der Waals surface area contributed by atoms with E-state index in [1.807, 2.05) is 36.9 Å². The van der Waals surface area contributed by atoms with Crippen LogP contribution >= 0.6 is 0 Å². The second-order valence-electron chi connectivity index (χ2n) is 7.57. The van der Waals surface area contributed by atoms with Crippen LogP contribution in [0, 0.1) is 6.92 Å². The van der Waals surface area contributed by atoms with Crippen LogP contribution in [-0.4, -0.2) is 25.9 Å². The summed E-state index contributed by atoms with van der Waals surface area (Å²) in [6.07, 6.45) is 2.92. The smallest absolute Gasteiger partial charge is 0.251 e. The Morgan fingerprint density at radius 1 is 1.24 bits per heavy atom. The lowest BCUT2D eigenvalue weighted by Crippen LogP contribution is -2.31. The van der Waals surface area contributed by atoms with Crippen LogP contribution in [0.4, 0.5) is 0 Å². The summed E-state index contributed by atoms with van der Waals surface area (Å²) in [5, 5.41) is 26.9. The Morgan fingerprint density at radius 3 is 2.83 bits per heavy atom. The highest BCUT2D eigenvalue weighted by Gasteiger charge is 2.27. The molecular formula is C23H25N3O3. The first-order chi connectivity index (χ1) is 14.0. The van der Waals surface area contributed by atoms with Crippen molar-refractivity contribution in [1.29, 1.82) is 0 Å². The lowest BCUT2D eigenvalue weighted by Gasteiger charge is -2.24. The number of phenols is 1. The molecule has 0 spiro atoms. The summed E-state index contributed by atoms with van der Waals surface area (Å²) in [5.74, 6) is -0.0563. The van der Waals surface area contributed by atoms with Crippen LogP contribution in [-0.2, 0) is 20.1 Å². The molecule has 0 radical (unpaired) electrons. The van der Waals surface area contributed by atoms with Crippen molar-refractivity contribution in [2.24, 2.45) is 7.05 Å². The largest absolute Gasteiger partial charge is 0.508 e. The van der Waals surface area contributed by atoms with E-state index in [0.717, 1.165) is 41.6 Å². The molecule has 1 aromatic heterocycles. The fourth-order valence-corrected chi connectivity index (χ4v) is 4.21. The normalized spacial score (nSPS) is 15.8. The summed E-state index contributed by atoms with van der Waals surface area (Å²) in [7, 11) is 1.96. The Labute approximate surface area is 169 Å². The third-order valence-corrected chi connectivity index (χ3v) is 5.66. The number of nitrogens with zero attached hydrogens (tertiary/aromatic N) is 2. The molecule has 6 heteroatoms. The fraction of sp³-hybridized carbons (Fsp3) is 0.304. The topological polar surface area (TPSA) is 87.4 Å². The van der Waals surface area contributed by atoms with Crippen molar-refractivity contribution in [1.82, 2.24) is 15.1 Å². The highest BCUT2D eigenvalue weighted by Crippen LogP contribution is 2.32. The average Bonchev–Trinajstić information content (AvgIpc) is 3.03. The third kappa shape index (κ3) is 3.63. The van der Waals surface area contributed by atoms with Gasteiger partial charge in [0.25, 0.3) is 5.91 Å². The van der Waals surface area contributed by atoms with Gasteiger partial charge in [-0.15, -0.1) is 0 Å². The average molecular weight is 391 g/mol. The molecule has 6 nitrogen and oxygen atoms in total. The van der Waals surface area contributed by atoms with Crippen molar-refractivity contribution in [3.63, 3.8) is 0 Å². The van der Waals surface area contributed by atoms with Crippen molar-refractivity contribution in [2.75, 3.05) is 0 Å². The molecule has 29 heavy (non-hydrogen) atoms. The van der Waals surface area contributed by atoms with Gasteiger partial charge in [0.05, 0.1) is 18.3 Å². The maximum atomic E-state index is 13.0. The second kappa shape index (κ2) is 7.72. The number of nitrogens with one attached hydrogen (secondary N) is 1. The zero-order valence-electron chi connectivity index (χ0n) is 16.6. The molecule has 2 aromatic carbocycles. The molecular weight excluding hydrogens is 366 g/mol. The first-order valence-electron chi connectivity index (χ1n) is 9.84. The Kier molecular flexibility index (Phi) is 5.11. The first-order valence-corrected chi connectivity index (χ1v) is 9.84. The number of benzene rings is 2. The number of carbonyl (C=O) groups excluding carboxylic acids is 1. The molecule has 150 valence electrons. The summed E-state index contributed by atoms with van der Waals surface area (Å²) in [6.45, 7) is 1.75. The van der Waals surface area contributed by atoms with E-state index in [9.17, 15) is 15.0 Å². The second-order valence-corrected chi connectivity index (χ2v) is 7.57. The van der Waals surface area contributed by atoms with Crippen molar-refractivity contribution in [2.45, 2.75) is 38.8 Å². The predicted octanol–water partition coefficient (Wildman–Crippen LogP) is 3.40. The SMILES string of the molecule is Cc1nn(C)c2c1C(NC(=O)c1cccc(-c3ccc(O)c(CO)c3)c1)CCC2. The van der Waals surface area contributed by atoms with Crippen molar-refractivity contribution in [3.8, 4) is 16.9 Å². The van der Waals surface area contributed by atoms with Crippen LogP contribution in [0.5, 0.6) is 5.75 Å². The molecule has 1 atom stereocenters. The molecule has 0 saturated heterocycles. The number of aliphatic hydroxyl groups is 1. The molecule has 0 aliphatic heterocycles. The van der Waals surface area contributed by atoms with Gasteiger partial charge in [0.15, 0.2) is 0 Å². The van der Waals surface area contributed by atoms with Gasteiger partial charge in [0.2, 0.25) is 0 Å². The maximum absolute atomic E-state index is 13.0. The van der Waals surface area contributed by atoms with Crippen LogP contribution in [0.2, 0.25) is 0 Å². The molecule has 3 aromatic rings. The number of fused-ring (bicyclic) bond motifs is 1. The highest BCUT2D eigenvalue weighted by atomic mass is 16.3. The monoisotopic (exact) mass is 391 g/mol. The number of hydrogen-bond donors (Lipinski definition) is 3.